The van der Waals surface area contributed by atoms with E-state index in [-0.39, 0.29) is 5.91 Å². The van der Waals surface area contributed by atoms with E-state index >= 15 is 0 Å². The minimum Gasteiger partial charge on any atom is -0.457 e. The fraction of sp³-hybridized carbons (Fsp3) is 0.235. The molecular weight excluding hydrogens is 250 g/mol. The Kier molecular flexibility index (Phi) is 4.41. The van der Waals surface area contributed by atoms with Crippen molar-refractivity contribution in [1.82, 2.24) is 5.32 Å². The van der Waals surface area contributed by atoms with Gasteiger partial charge < -0.3 is 10.1 Å². The van der Waals surface area contributed by atoms with Crippen molar-refractivity contribution in [3.8, 4) is 11.5 Å². The topological polar surface area (TPSA) is 38.3 Å². The summed E-state index contributed by atoms with van der Waals surface area (Å²) in [5.41, 5.74) is 3.02. The first kappa shape index (κ1) is 14.1. The molecule has 0 heterocycles. The van der Waals surface area contributed by atoms with Crippen LogP contribution in [0.4, 0.5) is 0 Å². The molecule has 1 N–H and O–H groups in total. The van der Waals surface area contributed by atoms with E-state index in [1.165, 1.54) is 11.1 Å². The molecule has 0 aliphatic carbocycles. The number of benzene rings is 2. The van der Waals surface area contributed by atoms with Gasteiger partial charge in [-0.25, -0.2) is 0 Å². The monoisotopic (exact) mass is 269 g/mol. The predicted octanol–water partition coefficient (Wildman–Crippen LogP) is 3.85. The molecule has 0 aliphatic rings. The van der Waals surface area contributed by atoms with Crippen molar-refractivity contribution >= 4 is 5.91 Å². The molecule has 0 fully saturated rings. The average Bonchev–Trinajstić information content (AvgIpc) is 2.43. The van der Waals surface area contributed by atoms with Gasteiger partial charge in [0.25, 0.3) is 5.91 Å². The quantitative estimate of drug-likeness (QED) is 0.915. The van der Waals surface area contributed by atoms with E-state index < -0.39 is 0 Å². The van der Waals surface area contributed by atoms with Gasteiger partial charge in [0.15, 0.2) is 0 Å². The number of ether oxygens (including phenoxy) is 1. The van der Waals surface area contributed by atoms with E-state index in [2.05, 4.69) is 12.2 Å². The highest BCUT2D eigenvalue weighted by Gasteiger charge is 2.06. The van der Waals surface area contributed by atoms with Crippen molar-refractivity contribution in [2.45, 2.75) is 20.8 Å². The molecule has 2 rings (SSSR count). The van der Waals surface area contributed by atoms with Gasteiger partial charge in [-0.1, -0.05) is 12.1 Å². The Morgan fingerprint density at radius 2 is 1.80 bits per heavy atom. The Labute approximate surface area is 119 Å². The second-order valence-corrected chi connectivity index (χ2v) is 4.74. The lowest BCUT2D eigenvalue weighted by Crippen LogP contribution is -2.22. The summed E-state index contributed by atoms with van der Waals surface area (Å²) in [6, 6.07) is 13.1. The first-order valence-electron chi connectivity index (χ1n) is 6.73. The minimum atomic E-state index is -0.0852. The molecule has 0 atom stereocenters. The lowest BCUT2D eigenvalue weighted by molar-refractivity contribution is 0.0955. The van der Waals surface area contributed by atoms with Crippen LogP contribution >= 0.6 is 0 Å². The summed E-state index contributed by atoms with van der Waals surface area (Å²) < 4.78 is 5.80. The van der Waals surface area contributed by atoms with Crippen LogP contribution in [0.25, 0.3) is 0 Å². The summed E-state index contributed by atoms with van der Waals surface area (Å²) >= 11 is 0. The van der Waals surface area contributed by atoms with Crippen LogP contribution in [0.1, 0.15) is 28.4 Å². The van der Waals surface area contributed by atoms with Gasteiger partial charge in [0.1, 0.15) is 11.5 Å². The van der Waals surface area contributed by atoms with Crippen molar-refractivity contribution in [2.75, 3.05) is 6.54 Å². The van der Waals surface area contributed by atoms with Gasteiger partial charge in [0, 0.05) is 12.1 Å². The largest absolute Gasteiger partial charge is 0.457 e. The van der Waals surface area contributed by atoms with Crippen LogP contribution in [0.5, 0.6) is 11.5 Å². The van der Waals surface area contributed by atoms with E-state index in [0.717, 1.165) is 5.75 Å². The van der Waals surface area contributed by atoms with E-state index in [1.54, 1.807) is 12.1 Å². The lowest BCUT2D eigenvalue weighted by atomic mass is 10.1. The summed E-state index contributed by atoms with van der Waals surface area (Å²) in [7, 11) is 0. The van der Waals surface area contributed by atoms with Crippen LogP contribution in [0.2, 0.25) is 0 Å². The van der Waals surface area contributed by atoms with E-state index in [9.17, 15) is 4.79 Å². The van der Waals surface area contributed by atoms with Gasteiger partial charge >= 0.3 is 0 Å². The van der Waals surface area contributed by atoms with Crippen LogP contribution in [-0.2, 0) is 0 Å². The molecule has 3 heteroatoms. The predicted molar refractivity (Wildman–Crippen MR) is 80.4 cm³/mol. The number of carbonyl (C=O) groups excluding carboxylic acids is 1. The molecule has 3 nitrogen and oxygen atoms in total. The molecule has 104 valence electrons. The van der Waals surface area contributed by atoms with E-state index in [4.69, 9.17) is 4.74 Å². The highest BCUT2D eigenvalue weighted by atomic mass is 16.5. The van der Waals surface area contributed by atoms with Gasteiger partial charge in [-0.3, -0.25) is 4.79 Å². The van der Waals surface area contributed by atoms with E-state index in [0.29, 0.717) is 17.9 Å². The third-order valence-corrected chi connectivity index (χ3v) is 3.15. The number of hydrogen-bond donors (Lipinski definition) is 1. The first-order valence-corrected chi connectivity index (χ1v) is 6.73. The van der Waals surface area contributed by atoms with Crippen molar-refractivity contribution in [3.63, 3.8) is 0 Å². The number of rotatable bonds is 4. The standard InChI is InChI=1S/C17H19NO2/c1-4-18-17(19)14-6-5-7-15(11-14)20-16-9-8-12(2)13(3)10-16/h5-11H,4H2,1-3H3,(H,18,19). The Hall–Kier alpha value is -2.29. The lowest BCUT2D eigenvalue weighted by Gasteiger charge is -2.09. The zero-order valence-corrected chi connectivity index (χ0v) is 12.1. The molecule has 0 spiro atoms. The summed E-state index contributed by atoms with van der Waals surface area (Å²) in [5.74, 6) is 1.36. The normalized spacial score (nSPS) is 10.2. The average molecular weight is 269 g/mol. The van der Waals surface area contributed by atoms with Crippen molar-refractivity contribution in [1.29, 1.82) is 0 Å². The molecule has 20 heavy (non-hydrogen) atoms. The van der Waals surface area contributed by atoms with Gasteiger partial charge in [0.2, 0.25) is 0 Å². The van der Waals surface area contributed by atoms with Gasteiger partial charge in [-0.15, -0.1) is 0 Å². The highest BCUT2D eigenvalue weighted by molar-refractivity contribution is 5.94. The summed E-state index contributed by atoms with van der Waals surface area (Å²) in [5, 5.41) is 2.77. The van der Waals surface area contributed by atoms with Crippen molar-refractivity contribution in [3.05, 3.63) is 59.2 Å². The zero-order valence-electron chi connectivity index (χ0n) is 12.1. The number of carbonyl (C=O) groups is 1. The SMILES string of the molecule is CCNC(=O)c1cccc(Oc2ccc(C)c(C)c2)c1. The summed E-state index contributed by atoms with van der Waals surface area (Å²) in [6.45, 7) is 6.62. The van der Waals surface area contributed by atoms with Gasteiger partial charge in [0.05, 0.1) is 0 Å². The minimum absolute atomic E-state index is 0.0852. The van der Waals surface area contributed by atoms with Crippen LogP contribution in [0.15, 0.2) is 42.5 Å². The Morgan fingerprint density at radius 3 is 2.50 bits per heavy atom. The molecule has 0 bridgehead atoms. The van der Waals surface area contributed by atoms with Gasteiger partial charge in [-0.05, 0) is 62.2 Å². The fourth-order valence-corrected chi connectivity index (χ4v) is 1.88. The maximum atomic E-state index is 11.8. The Morgan fingerprint density at radius 1 is 1.05 bits per heavy atom. The van der Waals surface area contributed by atoms with E-state index in [1.807, 2.05) is 44.2 Å². The fourth-order valence-electron chi connectivity index (χ4n) is 1.88. The molecule has 2 aromatic carbocycles. The van der Waals surface area contributed by atoms with Crippen molar-refractivity contribution < 1.29 is 9.53 Å². The third kappa shape index (κ3) is 3.38. The molecule has 1 amide bonds. The zero-order chi connectivity index (χ0) is 14.5. The summed E-state index contributed by atoms with van der Waals surface area (Å²) in [4.78, 5) is 11.8. The second kappa shape index (κ2) is 6.24. The third-order valence-electron chi connectivity index (χ3n) is 3.15. The number of aryl methyl sites for hydroxylation is 2. The van der Waals surface area contributed by atoms with Crippen LogP contribution in [0.3, 0.4) is 0 Å². The smallest absolute Gasteiger partial charge is 0.251 e. The molecule has 0 radical (unpaired) electrons. The molecule has 0 aliphatic heterocycles. The highest BCUT2D eigenvalue weighted by Crippen LogP contribution is 2.24. The molecule has 0 unspecified atom stereocenters. The Balaban J connectivity index is 2.19. The molecule has 0 saturated heterocycles. The molecule has 2 aromatic rings. The Bertz CT molecular complexity index is 620. The maximum absolute atomic E-state index is 11.8. The van der Waals surface area contributed by atoms with Gasteiger partial charge in [-0.2, -0.15) is 0 Å². The van der Waals surface area contributed by atoms with Crippen LogP contribution < -0.4 is 10.1 Å². The molecule has 0 aromatic heterocycles. The number of nitrogens with one attached hydrogen (secondary N) is 1. The van der Waals surface area contributed by atoms with Crippen LogP contribution in [0, 0.1) is 13.8 Å². The molecule has 0 saturated carbocycles. The van der Waals surface area contributed by atoms with Crippen molar-refractivity contribution in [2.24, 2.45) is 0 Å². The summed E-state index contributed by atoms with van der Waals surface area (Å²) in [6.07, 6.45) is 0. The maximum Gasteiger partial charge on any atom is 0.251 e. The number of hydrogen-bond acceptors (Lipinski definition) is 2. The first-order chi connectivity index (χ1) is 9.60. The molecular formula is C17H19NO2. The second-order valence-electron chi connectivity index (χ2n) is 4.74. The van der Waals surface area contributed by atoms with Crippen LogP contribution in [-0.4, -0.2) is 12.5 Å². The number of amides is 1.